The molecule has 6 rings (SSSR count). The Morgan fingerprint density at radius 1 is 0.709 bits per heavy atom. The van der Waals surface area contributed by atoms with Gasteiger partial charge >= 0.3 is 12.1 Å². The van der Waals surface area contributed by atoms with Crippen LogP contribution < -0.4 is 26.6 Å². The molecule has 0 unspecified atom stereocenters. The van der Waals surface area contributed by atoms with Crippen LogP contribution in [0.25, 0.3) is 0 Å². The monoisotopic (exact) mass is 739 g/mol. The molecule has 284 valence electrons. The van der Waals surface area contributed by atoms with E-state index in [4.69, 9.17) is 9.47 Å². The Hall–Kier alpha value is -5.97. The zero-order valence-electron chi connectivity index (χ0n) is 31.1. The average Bonchev–Trinajstić information content (AvgIpc) is 3.23. The predicted octanol–water partition coefficient (Wildman–Crippen LogP) is 7.43. The number of carbonyl (C=O) groups is 3. The highest BCUT2D eigenvalue weighted by Crippen LogP contribution is 2.30. The normalized spacial score (nSPS) is 15.7. The predicted molar refractivity (Wildman–Crippen MR) is 216 cm³/mol. The van der Waals surface area contributed by atoms with E-state index in [-0.39, 0.29) is 24.1 Å². The van der Waals surface area contributed by atoms with E-state index in [1.807, 2.05) is 140 Å². The molecule has 5 N–H and O–H groups in total. The Balaban J connectivity index is 1.02. The van der Waals surface area contributed by atoms with Crippen LogP contribution in [0.5, 0.6) is 0 Å². The van der Waals surface area contributed by atoms with Crippen molar-refractivity contribution in [1.82, 2.24) is 16.0 Å². The van der Waals surface area contributed by atoms with Crippen molar-refractivity contribution >= 4 is 29.4 Å². The van der Waals surface area contributed by atoms with E-state index >= 15 is 0 Å². The minimum atomic E-state index is -0.951. The highest BCUT2D eigenvalue weighted by atomic mass is 16.5. The summed E-state index contributed by atoms with van der Waals surface area (Å²) in [5, 5.41) is 15.5. The number of nitrogens with one attached hydrogen (secondary N) is 5. The topological polar surface area (TPSA) is 130 Å². The standard InChI is InChI=1S/C45H49N5O5/c1-54-45(53)50-42(41(35-19-7-3-8-20-35)36-21-9-4-10-22-36)43(51)48-39-23-13-11-18-34(39)26-28-38-30-46-37(31-55-38)27-25-33-17-12-14-24-40(33)49-44(52)47-29-32-15-5-2-6-16-32/h2-24,37-38,41-42,46H,25-31H2,1H3,(H,48,51)(H,50,53)(H2,47,49,52)/t37-,38-,42+/m1/s1. The molecule has 5 aromatic carbocycles. The number of hydrogen-bond donors (Lipinski definition) is 5. The molecule has 5 aromatic rings. The summed E-state index contributed by atoms with van der Waals surface area (Å²) in [6.45, 7) is 1.75. The van der Waals surface area contributed by atoms with Crippen molar-refractivity contribution in [3.63, 3.8) is 0 Å². The summed E-state index contributed by atoms with van der Waals surface area (Å²) in [4.78, 5) is 39.4. The van der Waals surface area contributed by atoms with Gasteiger partial charge in [0.15, 0.2) is 0 Å². The molecule has 10 nitrogen and oxygen atoms in total. The summed E-state index contributed by atoms with van der Waals surface area (Å²) >= 11 is 0. The number of anilines is 2. The summed E-state index contributed by atoms with van der Waals surface area (Å²) in [6.07, 6.45) is 2.42. The van der Waals surface area contributed by atoms with Gasteiger partial charge in [-0.1, -0.05) is 127 Å². The number of carbonyl (C=O) groups excluding carboxylic acids is 3. The molecule has 0 radical (unpaired) electrons. The SMILES string of the molecule is COC(=O)N[C@H](C(=O)Nc1ccccc1CC[C@@H]1CN[C@H](CCc2ccccc2NC(=O)NCc2ccccc2)CO1)C(c1ccccc1)c1ccccc1. The van der Waals surface area contributed by atoms with Gasteiger partial charge in [0.2, 0.25) is 5.91 Å². The van der Waals surface area contributed by atoms with Crippen LogP contribution in [0.4, 0.5) is 21.0 Å². The Morgan fingerprint density at radius 3 is 1.84 bits per heavy atom. The first kappa shape index (κ1) is 38.7. The lowest BCUT2D eigenvalue weighted by Gasteiger charge is -2.31. The van der Waals surface area contributed by atoms with Crippen molar-refractivity contribution in [3.05, 3.63) is 167 Å². The summed E-state index contributed by atoms with van der Waals surface area (Å²) in [7, 11) is 1.29. The first-order chi connectivity index (χ1) is 27.0. The second kappa shape index (κ2) is 19.9. The van der Waals surface area contributed by atoms with Crippen LogP contribution in [0.15, 0.2) is 140 Å². The lowest BCUT2D eigenvalue weighted by Crippen LogP contribution is -2.48. The zero-order chi connectivity index (χ0) is 38.2. The number of para-hydroxylation sites is 2. The largest absolute Gasteiger partial charge is 0.453 e. The Bertz CT molecular complexity index is 1930. The van der Waals surface area contributed by atoms with Crippen molar-refractivity contribution in [2.24, 2.45) is 0 Å². The van der Waals surface area contributed by atoms with Crippen molar-refractivity contribution in [2.45, 2.75) is 56.3 Å². The maximum atomic E-state index is 14.1. The second-order valence-corrected chi connectivity index (χ2v) is 13.6. The first-order valence-electron chi connectivity index (χ1n) is 18.8. The molecule has 0 bridgehead atoms. The van der Waals surface area contributed by atoms with Crippen molar-refractivity contribution in [2.75, 3.05) is 30.9 Å². The van der Waals surface area contributed by atoms with Crippen LogP contribution in [0, 0.1) is 0 Å². The third-order valence-electron chi connectivity index (χ3n) is 9.89. The molecule has 4 amide bonds. The number of rotatable bonds is 15. The van der Waals surface area contributed by atoms with E-state index in [1.54, 1.807) is 0 Å². The van der Waals surface area contributed by atoms with Crippen LogP contribution >= 0.6 is 0 Å². The van der Waals surface area contributed by atoms with Gasteiger partial charge in [-0.15, -0.1) is 0 Å². The van der Waals surface area contributed by atoms with Gasteiger partial charge in [-0.05, 0) is 65.6 Å². The van der Waals surface area contributed by atoms with Gasteiger partial charge < -0.3 is 36.1 Å². The van der Waals surface area contributed by atoms with Crippen molar-refractivity contribution in [3.8, 4) is 0 Å². The van der Waals surface area contributed by atoms with Gasteiger partial charge in [-0.3, -0.25) is 4.79 Å². The van der Waals surface area contributed by atoms with Gasteiger partial charge in [0.05, 0.1) is 19.8 Å². The highest BCUT2D eigenvalue weighted by Gasteiger charge is 2.33. The van der Waals surface area contributed by atoms with Gasteiger partial charge in [0.1, 0.15) is 6.04 Å². The lowest BCUT2D eigenvalue weighted by atomic mass is 9.84. The molecule has 1 heterocycles. The molecule has 0 aliphatic carbocycles. The smallest absolute Gasteiger partial charge is 0.407 e. The fraction of sp³-hybridized carbons (Fsp3) is 0.267. The Morgan fingerprint density at radius 2 is 1.25 bits per heavy atom. The highest BCUT2D eigenvalue weighted by molar-refractivity contribution is 5.98. The molecule has 0 saturated carbocycles. The van der Waals surface area contributed by atoms with Gasteiger partial charge in [0, 0.05) is 36.4 Å². The minimum absolute atomic E-state index is 0.0107. The molecule has 1 aliphatic rings. The Kier molecular flexibility index (Phi) is 14.0. The van der Waals surface area contributed by atoms with E-state index in [2.05, 4.69) is 26.6 Å². The molecule has 1 fully saturated rings. The summed E-state index contributed by atoms with van der Waals surface area (Å²) in [6, 6.07) is 43.8. The number of amides is 4. The third kappa shape index (κ3) is 11.3. The Labute approximate surface area is 323 Å². The average molecular weight is 740 g/mol. The maximum absolute atomic E-state index is 14.1. The molecule has 3 atom stereocenters. The van der Waals surface area contributed by atoms with Gasteiger partial charge in [-0.2, -0.15) is 0 Å². The van der Waals surface area contributed by atoms with E-state index in [1.165, 1.54) is 7.11 Å². The van der Waals surface area contributed by atoms with Crippen molar-refractivity contribution in [1.29, 1.82) is 0 Å². The maximum Gasteiger partial charge on any atom is 0.407 e. The fourth-order valence-electron chi connectivity index (χ4n) is 6.95. The van der Waals surface area contributed by atoms with Crippen molar-refractivity contribution < 1.29 is 23.9 Å². The number of hydrogen-bond acceptors (Lipinski definition) is 6. The number of urea groups is 1. The van der Waals surface area contributed by atoms with E-state index in [0.29, 0.717) is 31.8 Å². The molecule has 0 aromatic heterocycles. The molecule has 55 heavy (non-hydrogen) atoms. The molecule has 1 aliphatic heterocycles. The molecule has 10 heteroatoms. The van der Waals surface area contributed by atoms with Crippen LogP contribution in [0.3, 0.4) is 0 Å². The van der Waals surface area contributed by atoms with Crippen LogP contribution in [0.1, 0.15) is 46.6 Å². The second-order valence-electron chi connectivity index (χ2n) is 13.6. The number of ether oxygens (including phenoxy) is 2. The minimum Gasteiger partial charge on any atom is -0.453 e. The van der Waals surface area contributed by atoms with Gasteiger partial charge in [0.25, 0.3) is 0 Å². The summed E-state index contributed by atoms with van der Waals surface area (Å²) in [5.41, 5.74) is 6.36. The number of benzene rings is 5. The number of morpholine rings is 1. The van der Waals surface area contributed by atoms with Gasteiger partial charge in [-0.25, -0.2) is 9.59 Å². The number of aryl methyl sites for hydroxylation is 2. The quantitative estimate of drug-likeness (QED) is 0.0760. The first-order valence-corrected chi connectivity index (χ1v) is 18.8. The number of methoxy groups -OCH3 is 1. The van der Waals surface area contributed by atoms with E-state index in [9.17, 15) is 14.4 Å². The van der Waals surface area contributed by atoms with Crippen LogP contribution in [-0.2, 0) is 33.7 Å². The summed E-state index contributed by atoms with van der Waals surface area (Å²) < 4.78 is 11.3. The summed E-state index contributed by atoms with van der Waals surface area (Å²) in [5.74, 6) is -0.809. The molecule has 0 spiro atoms. The van der Waals surface area contributed by atoms with Crippen LogP contribution in [0.2, 0.25) is 0 Å². The van der Waals surface area contributed by atoms with Crippen LogP contribution in [-0.4, -0.2) is 56.5 Å². The third-order valence-corrected chi connectivity index (χ3v) is 9.89. The molecule has 1 saturated heterocycles. The fourth-order valence-corrected chi connectivity index (χ4v) is 6.95. The number of alkyl carbamates (subject to hydrolysis) is 1. The molecular formula is C45H49N5O5. The van der Waals surface area contributed by atoms with E-state index < -0.39 is 18.1 Å². The lowest BCUT2D eigenvalue weighted by molar-refractivity contribution is -0.118. The van der Waals surface area contributed by atoms with E-state index in [0.717, 1.165) is 52.8 Å². The zero-order valence-corrected chi connectivity index (χ0v) is 31.1. The molecular weight excluding hydrogens is 691 g/mol.